The van der Waals surface area contributed by atoms with E-state index >= 15 is 0 Å². The van der Waals surface area contributed by atoms with Gasteiger partial charge in [-0.1, -0.05) is 47.5 Å². The van der Waals surface area contributed by atoms with E-state index in [-0.39, 0.29) is 18.5 Å². The van der Waals surface area contributed by atoms with Gasteiger partial charge in [0.1, 0.15) is 6.04 Å². The average molecular weight is 533 g/mol. The molecule has 7 nitrogen and oxygen atoms in total. The molecule has 2 saturated heterocycles. The summed E-state index contributed by atoms with van der Waals surface area (Å²) < 4.78 is 10.9. The summed E-state index contributed by atoms with van der Waals surface area (Å²) >= 11 is 12.4. The lowest BCUT2D eigenvalue weighted by atomic mass is 9.83. The Kier molecular flexibility index (Phi) is 4.90. The van der Waals surface area contributed by atoms with Crippen LogP contribution in [-0.4, -0.2) is 35.3 Å². The van der Waals surface area contributed by atoms with E-state index < -0.39 is 29.8 Å². The summed E-state index contributed by atoms with van der Waals surface area (Å²) in [7, 11) is 0. The quantitative estimate of drug-likeness (QED) is 0.344. The van der Waals surface area contributed by atoms with Crippen LogP contribution in [0.15, 0.2) is 66.9 Å². The van der Waals surface area contributed by atoms with Gasteiger partial charge in [0.05, 0.1) is 23.6 Å². The van der Waals surface area contributed by atoms with Crippen LogP contribution in [-0.2, 0) is 9.59 Å². The van der Waals surface area contributed by atoms with Crippen molar-refractivity contribution >= 4 is 52.6 Å². The lowest BCUT2D eigenvalue weighted by Gasteiger charge is -2.35. The first kappa shape index (κ1) is 22.4. The largest absolute Gasteiger partial charge is 0.454 e. The maximum atomic E-state index is 14.1. The monoisotopic (exact) mass is 532 g/mol. The van der Waals surface area contributed by atoms with Gasteiger partial charge in [0.15, 0.2) is 17.3 Å². The predicted octanol–water partition coefficient (Wildman–Crippen LogP) is 5.12. The molecular formula is C28H18Cl2N2O5. The number of hydrogen-bond donors (Lipinski definition) is 0. The van der Waals surface area contributed by atoms with Crippen molar-refractivity contribution in [3.63, 3.8) is 0 Å². The zero-order valence-corrected chi connectivity index (χ0v) is 20.6. The third-order valence-corrected chi connectivity index (χ3v) is 7.93. The van der Waals surface area contributed by atoms with Crippen molar-refractivity contribution in [3.05, 3.63) is 93.6 Å². The molecule has 0 radical (unpaired) electrons. The molecule has 0 unspecified atom stereocenters. The molecule has 3 aromatic rings. The van der Waals surface area contributed by atoms with Gasteiger partial charge in [-0.05, 0) is 53.6 Å². The van der Waals surface area contributed by atoms with E-state index in [4.69, 9.17) is 32.7 Å². The molecule has 0 bridgehead atoms. The second-order valence-electron chi connectivity index (χ2n) is 9.40. The lowest BCUT2D eigenvalue weighted by molar-refractivity contribution is -0.123. The fraction of sp³-hybridized carbons (Fsp3) is 0.179. The van der Waals surface area contributed by atoms with Crippen LogP contribution in [0.4, 0.5) is 5.69 Å². The normalized spacial score (nSPS) is 24.8. The SMILES string of the molecule is O=C(c1ccc2c(c1)OCO2)[C@@H]1[C@@H]2C(=O)N(c3cc(Cl)cc(Cl)c3)C(=O)[C@@H]2[C@@H]2c3ccccc3C=CN12. The minimum atomic E-state index is -0.899. The van der Waals surface area contributed by atoms with Crippen LogP contribution in [0.5, 0.6) is 11.5 Å². The summed E-state index contributed by atoms with van der Waals surface area (Å²) in [6.07, 6.45) is 3.73. The summed E-state index contributed by atoms with van der Waals surface area (Å²) in [5.41, 5.74) is 2.52. The molecule has 7 rings (SSSR count). The molecule has 0 N–H and O–H groups in total. The van der Waals surface area contributed by atoms with Gasteiger partial charge >= 0.3 is 0 Å². The lowest BCUT2D eigenvalue weighted by Crippen LogP contribution is -2.44. The van der Waals surface area contributed by atoms with E-state index in [0.29, 0.717) is 32.8 Å². The number of anilines is 1. The number of fused-ring (bicyclic) bond motifs is 6. The molecule has 4 aliphatic rings. The highest BCUT2D eigenvalue weighted by Crippen LogP contribution is 2.54. The molecule has 9 heteroatoms. The van der Waals surface area contributed by atoms with E-state index in [0.717, 1.165) is 16.0 Å². The first-order valence-corrected chi connectivity index (χ1v) is 12.5. The van der Waals surface area contributed by atoms with Crippen molar-refractivity contribution in [2.75, 3.05) is 11.7 Å². The Hall–Kier alpha value is -3.81. The topological polar surface area (TPSA) is 76.1 Å². The first-order chi connectivity index (χ1) is 17.9. The van der Waals surface area contributed by atoms with Crippen LogP contribution < -0.4 is 14.4 Å². The van der Waals surface area contributed by atoms with Crippen molar-refractivity contribution in [1.29, 1.82) is 0 Å². The molecule has 37 heavy (non-hydrogen) atoms. The summed E-state index contributed by atoms with van der Waals surface area (Å²) in [4.78, 5) is 45.0. The number of imide groups is 1. The summed E-state index contributed by atoms with van der Waals surface area (Å²) in [5.74, 6) is -1.74. The summed E-state index contributed by atoms with van der Waals surface area (Å²) in [5, 5.41) is 0.612. The number of carbonyl (C=O) groups is 3. The van der Waals surface area contributed by atoms with E-state index in [1.54, 1.807) is 18.2 Å². The number of benzene rings is 3. The van der Waals surface area contributed by atoms with Crippen molar-refractivity contribution < 1.29 is 23.9 Å². The van der Waals surface area contributed by atoms with Crippen molar-refractivity contribution in [2.45, 2.75) is 12.1 Å². The fourth-order valence-corrected chi connectivity index (χ4v) is 6.52. The number of halogens is 2. The van der Waals surface area contributed by atoms with Crippen LogP contribution >= 0.6 is 23.2 Å². The molecule has 4 atom stereocenters. The van der Waals surface area contributed by atoms with Crippen LogP contribution in [0, 0.1) is 11.8 Å². The Balaban J connectivity index is 1.37. The molecule has 2 amide bonds. The average Bonchev–Trinajstić information content (AvgIpc) is 3.55. The molecule has 0 spiro atoms. The van der Waals surface area contributed by atoms with Gasteiger partial charge in [0, 0.05) is 21.8 Å². The van der Waals surface area contributed by atoms with E-state index in [9.17, 15) is 14.4 Å². The van der Waals surface area contributed by atoms with Crippen molar-refractivity contribution in [2.24, 2.45) is 11.8 Å². The van der Waals surface area contributed by atoms with E-state index in [1.807, 2.05) is 41.4 Å². The molecule has 2 fully saturated rings. The van der Waals surface area contributed by atoms with Gasteiger partial charge in [-0.2, -0.15) is 0 Å². The number of amides is 2. The van der Waals surface area contributed by atoms with Gasteiger partial charge in [-0.25, -0.2) is 4.90 Å². The summed E-state index contributed by atoms with van der Waals surface area (Å²) in [6, 6.07) is 15.9. The molecular weight excluding hydrogens is 515 g/mol. The predicted molar refractivity (Wildman–Crippen MR) is 137 cm³/mol. The minimum absolute atomic E-state index is 0.0823. The molecule has 3 aromatic carbocycles. The van der Waals surface area contributed by atoms with Gasteiger partial charge in [0.2, 0.25) is 18.6 Å². The van der Waals surface area contributed by atoms with Gasteiger partial charge in [-0.3, -0.25) is 14.4 Å². The minimum Gasteiger partial charge on any atom is -0.454 e. The Bertz CT molecular complexity index is 1530. The third kappa shape index (κ3) is 3.24. The maximum Gasteiger partial charge on any atom is 0.240 e. The zero-order valence-electron chi connectivity index (χ0n) is 19.1. The zero-order chi connectivity index (χ0) is 25.4. The molecule has 0 aliphatic carbocycles. The van der Waals surface area contributed by atoms with Gasteiger partial charge in [0.25, 0.3) is 0 Å². The smallest absolute Gasteiger partial charge is 0.240 e. The van der Waals surface area contributed by atoms with E-state index in [2.05, 4.69) is 0 Å². The highest BCUT2D eigenvalue weighted by molar-refractivity contribution is 6.36. The highest BCUT2D eigenvalue weighted by atomic mass is 35.5. The Morgan fingerprint density at radius 2 is 1.59 bits per heavy atom. The number of ketones is 1. The molecule has 0 saturated carbocycles. The third-order valence-electron chi connectivity index (χ3n) is 7.49. The molecule has 4 aliphatic heterocycles. The van der Waals surface area contributed by atoms with Crippen molar-refractivity contribution in [3.8, 4) is 11.5 Å². The second kappa shape index (κ2) is 8.10. The summed E-state index contributed by atoms with van der Waals surface area (Å²) in [6.45, 7) is 0.0823. The molecule has 4 heterocycles. The molecule has 184 valence electrons. The van der Waals surface area contributed by atoms with Crippen LogP contribution in [0.3, 0.4) is 0 Å². The number of nitrogens with zero attached hydrogens (tertiary/aromatic N) is 2. The highest BCUT2D eigenvalue weighted by Gasteiger charge is 2.64. The van der Waals surface area contributed by atoms with Crippen molar-refractivity contribution in [1.82, 2.24) is 4.90 Å². The van der Waals surface area contributed by atoms with E-state index in [1.165, 1.54) is 18.2 Å². The molecule has 0 aromatic heterocycles. The number of hydrogen-bond acceptors (Lipinski definition) is 6. The van der Waals surface area contributed by atoms with Crippen LogP contribution in [0.2, 0.25) is 10.0 Å². The number of carbonyl (C=O) groups excluding carboxylic acids is 3. The van der Waals surface area contributed by atoms with Gasteiger partial charge in [-0.15, -0.1) is 0 Å². The van der Waals surface area contributed by atoms with Gasteiger partial charge < -0.3 is 14.4 Å². The van der Waals surface area contributed by atoms with Crippen LogP contribution in [0.25, 0.3) is 6.08 Å². The number of Topliss-reactive ketones (excluding diaryl/α,β-unsaturated/α-hetero) is 1. The fourth-order valence-electron chi connectivity index (χ4n) is 6.00. The van der Waals surface area contributed by atoms with Crippen LogP contribution in [0.1, 0.15) is 27.5 Å². The standard InChI is InChI=1S/C28H18Cl2N2O5/c29-16-10-17(30)12-18(11-16)32-27(34)22-23(28(32)35)25(26(33)15-5-6-20-21(9-15)37-13-36-20)31-8-7-14-3-1-2-4-19(14)24(22)31/h1-12,22-25H,13H2/t22-,23+,24-,25-/m0/s1. The Morgan fingerprint density at radius 1 is 0.865 bits per heavy atom. The maximum absolute atomic E-state index is 14.1. The first-order valence-electron chi connectivity index (χ1n) is 11.7. The number of rotatable bonds is 3. The second-order valence-corrected chi connectivity index (χ2v) is 10.3. The Morgan fingerprint density at radius 3 is 2.41 bits per heavy atom. The Labute approximate surface area is 221 Å². The number of ether oxygens (including phenoxy) is 2.